The molecule has 3 aliphatic rings. The summed E-state index contributed by atoms with van der Waals surface area (Å²) in [6.45, 7) is 5.14. The van der Waals surface area contributed by atoms with Gasteiger partial charge in [-0.05, 0) is 36.3 Å². The first kappa shape index (κ1) is 25.3. The molecular weight excluding hydrogens is 522 g/mol. The molecule has 1 aliphatic carbocycles. The molecular formula is C20H27ClN4O8P2. The summed E-state index contributed by atoms with van der Waals surface area (Å²) in [7, 11) is -9.36. The number of aromatic nitrogens is 3. The van der Waals surface area contributed by atoms with Crippen molar-refractivity contribution in [2.45, 2.75) is 37.7 Å². The molecule has 0 radical (unpaired) electrons. The van der Waals surface area contributed by atoms with E-state index < -0.39 is 46.1 Å². The van der Waals surface area contributed by atoms with Crippen LogP contribution in [-0.4, -0.2) is 72.4 Å². The summed E-state index contributed by atoms with van der Waals surface area (Å²) >= 11 is 6.36. The third-order valence-electron chi connectivity index (χ3n) is 6.98. The summed E-state index contributed by atoms with van der Waals surface area (Å²) in [5.74, 6) is 0.0200. The van der Waals surface area contributed by atoms with E-state index in [2.05, 4.69) is 21.6 Å². The number of aliphatic hydroxyl groups excluding tert-OH is 1. The highest BCUT2D eigenvalue weighted by Crippen LogP contribution is 2.55. The normalized spacial score (nSPS) is 30.8. The summed E-state index contributed by atoms with van der Waals surface area (Å²) in [5.41, 5.74) is 1.51. The number of fused-ring (bicyclic) bond motifs is 2. The van der Waals surface area contributed by atoms with Gasteiger partial charge < -0.3 is 33.9 Å². The average Bonchev–Trinajstić information content (AvgIpc) is 3.49. The zero-order valence-corrected chi connectivity index (χ0v) is 21.2. The molecule has 1 saturated carbocycles. The minimum absolute atomic E-state index is 0.171. The van der Waals surface area contributed by atoms with Gasteiger partial charge in [0.25, 0.3) is 0 Å². The molecule has 2 saturated heterocycles. The predicted molar refractivity (Wildman–Crippen MR) is 127 cm³/mol. The quantitative estimate of drug-likeness (QED) is 0.228. The second-order valence-corrected chi connectivity index (χ2v) is 13.8. The summed E-state index contributed by atoms with van der Waals surface area (Å²) < 4.78 is 35.1. The van der Waals surface area contributed by atoms with Crippen molar-refractivity contribution in [2.75, 3.05) is 30.5 Å². The zero-order valence-electron chi connectivity index (χ0n) is 18.7. The number of pyridine rings is 1. The lowest BCUT2D eigenvalue weighted by atomic mass is 10.0. The first-order chi connectivity index (χ1) is 16.4. The predicted octanol–water partition coefficient (Wildman–Crippen LogP) is 2.47. The minimum atomic E-state index is -4.77. The van der Waals surface area contributed by atoms with Crippen molar-refractivity contribution in [2.24, 2.45) is 11.8 Å². The number of hydrogen-bond acceptors (Lipinski definition) is 8. The molecule has 192 valence electrons. The molecule has 4 heterocycles. The van der Waals surface area contributed by atoms with Crippen molar-refractivity contribution in [3.05, 3.63) is 29.6 Å². The fourth-order valence-corrected chi connectivity index (χ4v) is 8.09. The van der Waals surface area contributed by atoms with Gasteiger partial charge in [-0.2, -0.15) is 5.10 Å². The van der Waals surface area contributed by atoms with Crippen molar-refractivity contribution < 1.29 is 38.2 Å². The van der Waals surface area contributed by atoms with Gasteiger partial charge in [0.2, 0.25) is 0 Å². The molecule has 0 bridgehead atoms. The monoisotopic (exact) mass is 548 g/mol. The lowest BCUT2D eigenvalue weighted by Crippen LogP contribution is -2.22. The number of nitrogens with zero attached hydrogens (tertiary/aromatic N) is 4. The minimum Gasteiger partial charge on any atom is -0.384 e. The maximum atomic E-state index is 12.0. The Hall–Kier alpha value is -1.33. The highest BCUT2D eigenvalue weighted by molar-refractivity contribution is 7.70. The van der Waals surface area contributed by atoms with Gasteiger partial charge in [0.05, 0.1) is 23.9 Å². The smallest absolute Gasteiger partial charge is 0.340 e. The lowest BCUT2D eigenvalue weighted by Gasteiger charge is -2.21. The Morgan fingerprint density at radius 2 is 1.91 bits per heavy atom. The van der Waals surface area contributed by atoms with E-state index in [1.807, 2.05) is 6.07 Å². The van der Waals surface area contributed by atoms with E-state index in [0.717, 1.165) is 24.2 Å². The Kier molecular flexibility index (Phi) is 6.66. The molecule has 2 aromatic heterocycles. The van der Waals surface area contributed by atoms with Gasteiger partial charge in [0.1, 0.15) is 17.4 Å². The van der Waals surface area contributed by atoms with Gasteiger partial charge in [-0.25, -0.2) is 9.67 Å². The molecule has 0 spiro atoms. The fraction of sp³-hybridized carbons (Fsp3) is 0.600. The van der Waals surface area contributed by atoms with Gasteiger partial charge in [0.15, 0.2) is 17.8 Å². The van der Waals surface area contributed by atoms with Crippen LogP contribution in [0.15, 0.2) is 24.4 Å². The van der Waals surface area contributed by atoms with Crippen LogP contribution >= 0.6 is 26.8 Å². The number of aliphatic hydroxyl groups is 1. The van der Waals surface area contributed by atoms with Crippen molar-refractivity contribution in [1.82, 2.24) is 14.8 Å². The number of hydrogen-bond donors (Lipinski definition) is 4. The van der Waals surface area contributed by atoms with Crippen LogP contribution < -0.4 is 4.90 Å². The maximum absolute atomic E-state index is 12.0. The first-order valence-electron chi connectivity index (χ1n) is 11.2. The van der Waals surface area contributed by atoms with Gasteiger partial charge in [-0.1, -0.05) is 24.6 Å². The highest BCUT2D eigenvalue weighted by Gasteiger charge is 2.42. The van der Waals surface area contributed by atoms with E-state index in [-0.39, 0.29) is 10.7 Å². The summed E-state index contributed by atoms with van der Waals surface area (Å²) in [4.78, 5) is 34.3. The molecule has 2 aliphatic heterocycles. The van der Waals surface area contributed by atoms with E-state index in [4.69, 9.17) is 30.6 Å². The molecule has 2 aromatic rings. The topological polar surface area (TPSA) is 167 Å². The molecule has 12 nitrogen and oxygen atoms in total. The lowest BCUT2D eigenvalue weighted by molar-refractivity contribution is -0.0526. The van der Waals surface area contributed by atoms with E-state index in [1.54, 1.807) is 6.20 Å². The van der Waals surface area contributed by atoms with Gasteiger partial charge in [-0.15, -0.1) is 0 Å². The Morgan fingerprint density at radius 1 is 1.23 bits per heavy atom. The van der Waals surface area contributed by atoms with Crippen LogP contribution in [0.2, 0.25) is 5.15 Å². The molecule has 4 N–H and O–H groups in total. The molecule has 6 atom stereocenters. The average molecular weight is 549 g/mol. The largest absolute Gasteiger partial charge is 0.384 e. The van der Waals surface area contributed by atoms with E-state index >= 15 is 0 Å². The number of anilines is 1. The Morgan fingerprint density at radius 3 is 2.57 bits per heavy atom. The maximum Gasteiger partial charge on any atom is 0.340 e. The summed E-state index contributed by atoms with van der Waals surface area (Å²) in [5, 5.41) is 16.2. The van der Waals surface area contributed by atoms with Gasteiger partial charge in [0, 0.05) is 13.1 Å². The SMILES string of the molecule is C=C1[C@@H](O)[C@H](n2ncc3c(N4C[C@H]5CCC[C@H]5C4)cc(Cl)nc32)O[C@@H]1COP(=O)(O)CP(=O)(O)O. The fourth-order valence-electron chi connectivity index (χ4n) is 5.35. The van der Waals surface area contributed by atoms with Crippen molar-refractivity contribution in [3.63, 3.8) is 0 Å². The van der Waals surface area contributed by atoms with Crippen LogP contribution in [0.3, 0.4) is 0 Å². The van der Waals surface area contributed by atoms with Crippen molar-refractivity contribution in [1.29, 1.82) is 0 Å². The Balaban J connectivity index is 1.37. The number of ether oxygens (including phenoxy) is 1. The standard InChI is InChI=1S/C20H27ClN4O8P2/c1-11-16(9-32-35(30,31)10-34(27,28)29)33-20(18(11)26)25-19-14(6-22-25)15(5-17(21)23-19)24-7-12-3-2-4-13(12)8-24/h5-6,12-13,16,18,20,26H,1-4,7-10H2,(H,30,31)(H2,27,28,29)/t12-,13+,16-,18-,20-/m1/s1. The van der Waals surface area contributed by atoms with Crippen LogP contribution in [0.4, 0.5) is 5.69 Å². The molecule has 0 aromatic carbocycles. The van der Waals surface area contributed by atoms with Crippen molar-refractivity contribution in [3.8, 4) is 0 Å². The molecule has 5 rings (SSSR count). The van der Waals surface area contributed by atoms with Crippen LogP contribution in [0.5, 0.6) is 0 Å². The van der Waals surface area contributed by atoms with Crippen LogP contribution in [-0.2, 0) is 18.4 Å². The van der Waals surface area contributed by atoms with E-state index in [0.29, 0.717) is 17.5 Å². The number of halogens is 1. The van der Waals surface area contributed by atoms with Gasteiger partial charge in [-0.3, -0.25) is 9.13 Å². The van der Waals surface area contributed by atoms with Crippen molar-refractivity contribution >= 4 is 43.5 Å². The van der Waals surface area contributed by atoms with Gasteiger partial charge >= 0.3 is 15.2 Å². The summed E-state index contributed by atoms with van der Waals surface area (Å²) in [6.07, 6.45) is 2.07. The first-order valence-corrected chi connectivity index (χ1v) is 15.2. The molecule has 3 fully saturated rings. The van der Waals surface area contributed by atoms with Crippen LogP contribution in [0, 0.1) is 11.8 Å². The molecule has 1 unspecified atom stereocenters. The highest BCUT2D eigenvalue weighted by atomic mass is 35.5. The van der Waals surface area contributed by atoms with E-state index in [1.165, 1.54) is 23.9 Å². The van der Waals surface area contributed by atoms with Crippen LogP contribution in [0.25, 0.3) is 11.0 Å². The Labute approximate surface area is 206 Å². The second-order valence-electron chi connectivity index (χ2n) is 9.42. The summed E-state index contributed by atoms with van der Waals surface area (Å²) in [6, 6.07) is 1.82. The Bertz CT molecular complexity index is 1240. The number of rotatable bonds is 7. The van der Waals surface area contributed by atoms with Crippen LogP contribution in [0.1, 0.15) is 25.5 Å². The third-order valence-corrected chi connectivity index (χ3v) is 10.6. The third kappa shape index (κ3) is 5.09. The second kappa shape index (κ2) is 9.20. The molecule has 35 heavy (non-hydrogen) atoms. The zero-order chi connectivity index (χ0) is 25.1. The van der Waals surface area contributed by atoms with E-state index in [9.17, 15) is 19.1 Å². The molecule has 0 amide bonds. The molecule has 15 heteroatoms.